The lowest BCUT2D eigenvalue weighted by Gasteiger charge is -2.27. The second kappa shape index (κ2) is 9.22. The minimum absolute atomic E-state index is 0.0831. The molecule has 0 unspecified atom stereocenters. The van der Waals surface area contributed by atoms with Crippen LogP contribution in [0.5, 0.6) is 5.75 Å². The first kappa shape index (κ1) is 23.6. The Morgan fingerprint density at radius 2 is 1.90 bits per heavy atom. The lowest BCUT2D eigenvalue weighted by atomic mass is 9.79. The van der Waals surface area contributed by atoms with Crippen molar-refractivity contribution in [3.63, 3.8) is 0 Å². The fraction of sp³-hybridized carbons (Fsp3) is 0.294. The van der Waals surface area contributed by atoms with Gasteiger partial charge in [0.05, 0.1) is 7.97 Å². The summed E-state index contributed by atoms with van der Waals surface area (Å²) in [5.74, 6) is 1.41. The Morgan fingerprint density at radius 3 is 2.45 bits per heavy atom. The van der Waals surface area contributed by atoms with Crippen molar-refractivity contribution in [3.8, 4) is 16.9 Å². The van der Waals surface area contributed by atoms with Crippen molar-refractivity contribution in [1.82, 2.24) is 0 Å². The number of alkyl halides is 3. The summed E-state index contributed by atoms with van der Waals surface area (Å²) in [5.41, 5.74) is -5.12. The zero-order chi connectivity index (χ0) is 21.4. The molecule has 12 heteroatoms. The maximum Gasteiger partial charge on any atom is 0.534 e. The fourth-order valence-corrected chi connectivity index (χ4v) is 5.66. The van der Waals surface area contributed by atoms with Gasteiger partial charge in [0.15, 0.2) is 5.75 Å². The highest BCUT2D eigenvalue weighted by Crippen LogP contribution is 2.64. The quantitative estimate of drug-likeness (QED) is 0.0829. The Balaban J connectivity index is 2.23. The zero-order valence-electron chi connectivity index (χ0n) is 14.3. The highest BCUT2D eigenvalue weighted by molar-refractivity contribution is 14.3. The van der Waals surface area contributed by atoms with E-state index in [0.29, 0.717) is 10.9 Å². The van der Waals surface area contributed by atoms with Gasteiger partial charge in [-0.25, -0.2) is 4.39 Å². The van der Waals surface area contributed by atoms with Crippen molar-refractivity contribution < 1.29 is 30.2 Å². The van der Waals surface area contributed by atoms with Crippen LogP contribution in [-0.2, 0) is 10.1 Å². The maximum atomic E-state index is 14.5. The molecule has 0 N–H and O–H groups in total. The van der Waals surface area contributed by atoms with Gasteiger partial charge in [0, 0.05) is 5.39 Å². The van der Waals surface area contributed by atoms with Crippen LogP contribution in [0.25, 0.3) is 10.8 Å². The molecule has 1 saturated carbocycles. The summed E-state index contributed by atoms with van der Waals surface area (Å²) in [6, 6.07) is 5.55. The summed E-state index contributed by atoms with van der Waals surface area (Å²) in [4.78, 5) is 0. The summed E-state index contributed by atoms with van der Waals surface area (Å²) < 4.78 is 80.5. The number of hydrogen-bond donors (Lipinski definition) is 0. The SMILES string of the molecule is O=S(=O)(Oc1cc(C2CCC2)cc2ccc(F)c(C#CSP(I)I)c12)C(F)(F)F. The Kier molecular flexibility index (Phi) is 7.51. The summed E-state index contributed by atoms with van der Waals surface area (Å²) in [5, 5.41) is 3.02. The zero-order valence-corrected chi connectivity index (χ0v) is 21.1. The highest BCUT2D eigenvalue weighted by Gasteiger charge is 2.49. The Labute approximate surface area is 196 Å². The third kappa shape index (κ3) is 5.42. The van der Waals surface area contributed by atoms with Gasteiger partial charge in [-0.05, 0) is 103 Å². The smallest absolute Gasteiger partial charge is 0.375 e. The van der Waals surface area contributed by atoms with Crippen molar-refractivity contribution in [2.75, 3.05) is 0 Å². The van der Waals surface area contributed by atoms with E-state index < -0.39 is 29.6 Å². The van der Waals surface area contributed by atoms with Crippen molar-refractivity contribution in [2.24, 2.45) is 0 Å². The van der Waals surface area contributed by atoms with Crippen molar-refractivity contribution >= 4 is 78.8 Å². The van der Waals surface area contributed by atoms with E-state index in [-0.39, 0.29) is 16.9 Å². The molecule has 1 aliphatic rings. The van der Waals surface area contributed by atoms with E-state index >= 15 is 0 Å². The van der Waals surface area contributed by atoms with Gasteiger partial charge in [0.2, 0.25) is 0 Å². The van der Waals surface area contributed by atoms with Crippen LogP contribution in [0.4, 0.5) is 17.6 Å². The van der Waals surface area contributed by atoms with E-state index in [4.69, 9.17) is 0 Å². The highest BCUT2D eigenvalue weighted by atomic mass is 127. The first-order chi connectivity index (χ1) is 13.5. The molecule has 1 aliphatic carbocycles. The monoisotopic (exact) mass is 688 g/mol. The number of rotatable bonds is 4. The van der Waals surface area contributed by atoms with Crippen molar-refractivity contribution in [1.29, 1.82) is 0 Å². The van der Waals surface area contributed by atoms with E-state index in [0.717, 1.165) is 19.3 Å². The number of halogens is 6. The van der Waals surface area contributed by atoms with Crippen LogP contribution in [0.3, 0.4) is 0 Å². The molecule has 29 heavy (non-hydrogen) atoms. The van der Waals surface area contributed by atoms with Gasteiger partial charge in [0.25, 0.3) is 0 Å². The van der Waals surface area contributed by atoms with Crippen molar-refractivity contribution in [2.45, 2.75) is 30.7 Å². The second-order valence-electron chi connectivity index (χ2n) is 6.17. The predicted octanol–water partition coefficient (Wildman–Crippen LogP) is 7.61. The lowest BCUT2D eigenvalue weighted by Crippen LogP contribution is -2.28. The molecule has 0 radical (unpaired) electrons. The van der Waals surface area contributed by atoms with Gasteiger partial charge in [-0.2, -0.15) is 21.6 Å². The molecular formula is C17H11F4I2O3PS2. The Hall–Kier alpha value is -0.0300. The van der Waals surface area contributed by atoms with Crippen LogP contribution >= 0.6 is 57.9 Å². The average Bonchev–Trinajstić information content (AvgIpc) is 2.53. The Morgan fingerprint density at radius 1 is 1.21 bits per heavy atom. The summed E-state index contributed by atoms with van der Waals surface area (Å²) in [6.45, 7) is 0. The number of hydrogen-bond acceptors (Lipinski definition) is 4. The van der Waals surface area contributed by atoms with Gasteiger partial charge in [0.1, 0.15) is 5.82 Å². The summed E-state index contributed by atoms with van der Waals surface area (Å²) in [7, 11) is -5.91. The maximum absolute atomic E-state index is 14.5. The second-order valence-corrected chi connectivity index (χ2v) is 25.4. The van der Waals surface area contributed by atoms with Crippen LogP contribution in [0, 0.1) is 17.0 Å². The van der Waals surface area contributed by atoms with Gasteiger partial charge in [-0.1, -0.05) is 24.5 Å². The van der Waals surface area contributed by atoms with Crippen LogP contribution in [0.1, 0.15) is 36.3 Å². The Bertz CT molecular complexity index is 1110. The predicted molar refractivity (Wildman–Crippen MR) is 126 cm³/mol. The van der Waals surface area contributed by atoms with E-state index in [2.05, 4.69) is 59.4 Å². The third-order valence-corrected chi connectivity index (χ3v) is 9.93. The molecule has 3 nitrogen and oxygen atoms in total. The fourth-order valence-electron chi connectivity index (χ4n) is 2.86. The van der Waals surface area contributed by atoms with E-state index in [1.54, 1.807) is 6.07 Å². The molecule has 0 heterocycles. The molecular weight excluding hydrogens is 677 g/mol. The van der Waals surface area contributed by atoms with Crippen LogP contribution in [-0.4, -0.2) is 13.9 Å². The molecule has 156 valence electrons. The van der Waals surface area contributed by atoms with Gasteiger partial charge < -0.3 is 4.18 Å². The molecule has 3 rings (SSSR count). The normalized spacial score (nSPS) is 15.1. The van der Waals surface area contributed by atoms with E-state index in [9.17, 15) is 26.0 Å². The lowest BCUT2D eigenvalue weighted by molar-refractivity contribution is -0.0499. The molecule has 2 aromatic rings. The number of fused-ring (bicyclic) bond motifs is 1. The van der Waals surface area contributed by atoms with Gasteiger partial charge >= 0.3 is 15.6 Å². The first-order valence-electron chi connectivity index (χ1n) is 8.06. The molecule has 0 bridgehead atoms. The minimum atomic E-state index is -5.91. The topological polar surface area (TPSA) is 43.4 Å². The molecule has 0 spiro atoms. The largest absolute Gasteiger partial charge is 0.534 e. The average molecular weight is 688 g/mol. The molecule has 0 amide bonds. The first-order valence-corrected chi connectivity index (χ1v) is 17.8. The summed E-state index contributed by atoms with van der Waals surface area (Å²) in [6.07, 6.45) is 2.67. The standard InChI is InChI=1S/C17H11F4I2O3PS2/c18-14-5-4-11-8-12(10-2-1-3-10)9-15(26-29(24,25)17(19,20)21)16(11)13(14)6-7-28-27(22)23/h4-5,8-10H,1-3H2. The summed E-state index contributed by atoms with van der Waals surface area (Å²) >= 11 is 5.57. The minimum Gasteiger partial charge on any atom is -0.375 e. The van der Waals surface area contributed by atoms with Gasteiger partial charge in [-0.15, -0.1) is 0 Å². The van der Waals surface area contributed by atoms with Crippen molar-refractivity contribution in [3.05, 3.63) is 41.2 Å². The van der Waals surface area contributed by atoms with Crippen LogP contribution in [0.2, 0.25) is 0 Å². The van der Waals surface area contributed by atoms with Crippen LogP contribution in [0.15, 0.2) is 24.3 Å². The van der Waals surface area contributed by atoms with Crippen LogP contribution < -0.4 is 4.18 Å². The molecule has 0 atom stereocenters. The third-order valence-electron chi connectivity index (χ3n) is 4.40. The van der Waals surface area contributed by atoms with E-state index in [1.807, 2.05) is 0 Å². The molecule has 0 aromatic heterocycles. The molecule has 1 fully saturated rings. The van der Waals surface area contributed by atoms with Gasteiger partial charge in [-0.3, -0.25) is 0 Å². The molecule has 0 saturated heterocycles. The number of benzene rings is 2. The van der Waals surface area contributed by atoms with E-state index in [1.165, 1.54) is 29.6 Å². The molecule has 2 aromatic carbocycles. The molecule has 0 aliphatic heterocycles.